The van der Waals surface area contributed by atoms with Crippen LogP contribution in [0.3, 0.4) is 0 Å². The van der Waals surface area contributed by atoms with Gasteiger partial charge in [0.1, 0.15) is 0 Å². The zero-order chi connectivity index (χ0) is 11.8. The van der Waals surface area contributed by atoms with Crippen molar-refractivity contribution in [2.24, 2.45) is 7.05 Å². The molecule has 0 unspecified atom stereocenters. The number of fused-ring (bicyclic) bond motifs is 1. The van der Waals surface area contributed by atoms with Gasteiger partial charge in [-0.3, -0.25) is 4.98 Å². The first kappa shape index (κ1) is 9.77. The van der Waals surface area contributed by atoms with Gasteiger partial charge in [-0.1, -0.05) is 12.1 Å². The van der Waals surface area contributed by atoms with E-state index >= 15 is 0 Å². The van der Waals surface area contributed by atoms with E-state index in [4.69, 9.17) is 0 Å². The predicted molar refractivity (Wildman–Crippen MR) is 63.7 cm³/mol. The lowest BCUT2D eigenvalue weighted by Gasteiger charge is -2.02. The number of rotatable bonds is 1. The highest BCUT2D eigenvalue weighted by atomic mass is 16.2. The van der Waals surface area contributed by atoms with Crippen LogP contribution in [0, 0.1) is 0 Å². The van der Waals surface area contributed by atoms with Crippen LogP contribution < -0.4 is 5.69 Å². The van der Waals surface area contributed by atoms with Gasteiger partial charge in [-0.25, -0.2) is 13.9 Å². The number of hydrogen-bond donors (Lipinski definition) is 0. The first-order chi connectivity index (χ1) is 8.27. The highest BCUT2D eigenvalue weighted by Crippen LogP contribution is 2.15. The standard InChI is InChI=1S/C12H10N4O/c1-15-12(17)16-10(6-4-7-11(16)14-15)9-5-2-3-8-13-9/h2-8H,1H3. The van der Waals surface area contributed by atoms with E-state index in [1.54, 1.807) is 23.7 Å². The Hall–Kier alpha value is -2.43. The molecule has 0 aliphatic rings. The van der Waals surface area contributed by atoms with Crippen molar-refractivity contribution in [1.82, 2.24) is 19.2 Å². The first-order valence-corrected chi connectivity index (χ1v) is 5.23. The molecule has 0 saturated carbocycles. The summed E-state index contributed by atoms with van der Waals surface area (Å²) in [4.78, 5) is 16.2. The molecular weight excluding hydrogens is 216 g/mol. The highest BCUT2D eigenvalue weighted by Gasteiger charge is 2.09. The molecule has 3 heterocycles. The van der Waals surface area contributed by atoms with Crippen molar-refractivity contribution in [3.8, 4) is 11.4 Å². The molecule has 0 saturated heterocycles. The van der Waals surface area contributed by atoms with E-state index in [9.17, 15) is 4.79 Å². The number of aromatic nitrogens is 4. The normalized spacial score (nSPS) is 10.9. The summed E-state index contributed by atoms with van der Waals surface area (Å²) in [6.07, 6.45) is 1.70. The Morgan fingerprint density at radius 2 is 2.00 bits per heavy atom. The van der Waals surface area contributed by atoms with E-state index < -0.39 is 0 Å². The summed E-state index contributed by atoms with van der Waals surface area (Å²) in [6.45, 7) is 0. The Morgan fingerprint density at radius 3 is 2.76 bits per heavy atom. The summed E-state index contributed by atoms with van der Waals surface area (Å²) >= 11 is 0. The highest BCUT2D eigenvalue weighted by molar-refractivity contribution is 5.59. The Morgan fingerprint density at radius 1 is 1.12 bits per heavy atom. The Balaban J connectivity index is 2.42. The van der Waals surface area contributed by atoms with Gasteiger partial charge in [-0.05, 0) is 24.3 Å². The average molecular weight is 226 g/mol. The molecule has 0 radical (unpaired) electrons. The fraction of sp³-hybridized carbons (Fsp3) is 0.0833. The molecule has 5 nitrogen and oxygen atoms in total. The third kappa shape index (κ3) is 1.44. The topological polar surface area (TPSA) is 52.2 Å². The molecule has 5 heteroatoms. The number of pyridine rings is 2. The smallest absolute Gasteiger partial charge is 0.255 e. The van der Waals surface area contributed by atoms with Gasteiger partial charge in [0.15, 0.2) is 5.65 Å². The van der Waals surface area contributed by atoms with E-state index in [0.717, 1.165) is 11.4 Å². The van der Waals surface area contributed by atoms with Crippen LogP contribution in [-0.2, 0) is 7.05 Å². The maximum atomic E-state index is 12.0. The molecule has 0 aliphatic heterocycles. The second-order valence-electron chi connectivity index (χ2n) is 3.73. The molecule has 3 aromatic heterocycles. The third-order valence-electron chi connectivity index (χ3n) is 2.62. The molecule has 3 rings (SSSR count). The second kappa shape index (κ2) is 3.55. The molecule has 0 aliphatic carbocycles. The molecular formula is C12H10N4O. The Labute approximate surface area is 97.0 Å². The van der Waals surface area contributed by atoms with Crippen LogP contribution in [0.5, 0.6) is 0 Å². The summed E-state index contributed by atoms with van der Waals surface area (Å²) in [7, 11) is 1.64. The minimum atomic E-state index is -0.166. The van der Waals surface area contributed by atoms with Crippen LogP contribution >= 0.6 is 0 Å². The molecule has 0 spiro atoms. The molecule has 17 heavy (non-hydrogen) atoms. The number of hydrogen-bond acceptors (Lipinski definition) is 3. The summed E-state index contributed by atoms with van der Waals surface area (Å²) < 4.78 is 2.88. The lowest BCUT2D eigenvalue weighted by molar-refractivity contribution is 0.733. The van der Waals surface area contributed by atoms with Gasteiger partial charge in [0.25, 0.3) is 0 Å². The summed E-state index contributed by atoms with van der Waals surface area (Å²) in [5.74, 6) is 0. The van der Waals surface area contributed by atoms with Crippen molar-refractivity contribution in [2.45, 2.75) is 0 Å². The molecule has 0 bridgehead atoms. The predicted octanol–water partition coefficient (Wildman–Crippen LogP) is 1.09. The van der Waals surface area contributed by atoms with Crippen molar-refractivity contribution in [3.63, 3.8) is 0 Å². The summed E-state index contributed by atoms with van der Waals surface area (Å²) in [5.41, 5.74) is 1.97. The van der Waals surface area contributed by atoms with Crippen LogP contribution in [0.15, 0.2) is 47.4 Å². The van der Waals surface area contributed by atoms with Gasteiger partial charge in [0.05, 0.1) is 11.4 Å². The van der Waals surface area contributed by atoms with Gasteiger partial charge in [0, 0.05) is 13.2 Å². The monoisotopic (exact) mass is 226 g/mol. The summed E-state index contributed by atoms with van der Waals surface area (Å²) in [6, 6.07) is 11.1. The van der Waals surface area contributed by atoms with Crippen molar-refractivity contribution < 1.29 is 0 Å². The SMILES string of the molecule is Cn1nc2cccc(-c3ccccn3)n2c1=O. The van der Waals surface area contributed by atoms with E-state index in [0.29, 0.717) is 5.65 Å². The Bertz CT molecular complexity index is 727. The maximum absolute atomic E-state index is 12.0. The van der Waals surface area contributed by atoms with E-state index in [1.165, 1.54) is 4.68 Å². The van der Waals surface area contributed by atoms with Gasteiger partial charge >= 0.3 is 5.69 Å². The fourth-order valence-corrected chi connectivity index (χ4v) is 1.83. The molecule has 0 aromatic carbocycles. The second-order valence-corrected chi connectivity index (χ2v) is 3.73. The Kier molecular flexibility index (Phi) is 2.04. The summed E-state index contributed by atoms with van der Waals surface area (Å²) in [5, 5.41) is 4.14. The average Bonchev–Trinajstić information content (AvgIpc) is 2.66. The molecule has 0 fully saturated rings. The third-order valence-corrected chi connectivity index (χ3v) is 2.62. The van der Waals surface area contributed by atoms with Crippen molar-refractivity contribution in [2.75, 3.05) is 0 Å². The van der Waals surface area contributed by atoms with Crippen LogP contribution in [-0.4, -0.2) is 19.2 Å². The quantitative estimate of drug-likeness (QED) is 0.624. The van der Waals surface area contributed by atoms with E-state index in [2.05, 4.69) is 10.1 Å². The zero-order valence-electron chi connectivity index (χ0n) is 9.24. The van der Waals surface area contributed by atoms with Gasteiger partial charge < -0.3 is 0 Å². The first-order valence-electron chi connectivity index (χ1n) is 5.23. The van der Waals surface area contributed by atoms with Crippen molar-refractivity contribution in [1.29, 1.82) is 0 Å². The van der Waals surface area contributed by atoms with Crippen molar-refractivity contribution >= 4 is 5.65 Å². The van der Waals surface area contributed by atoms with Gasteiger partial charge in [-0.15, -0.1) is 0 Å². The van der Waals surface area contributed by atoms with Crippen LogP contribution in [0.25, 0.3) is 17.0 Å². The van der Waals surface area contributed by atoms with Crippen LogP contribution in [0.1, 0.15) is 0 Å². The molecule has 84 valence electrons. The van der Waals surface area contributed by atoms with E-state index in [1.807, 2.05) is 30.3 Å². The lowest BCUT2D eigenvalue weighted by Crippen LogP contribution is -2.19. The minimum Gasteiger partial charge on any atom is -0.255 e. The number of nitrogens with zero attached hydrogens (tertiary/aromatic N) is 4. The van der Waals surface area contributed by atoms with Crippen LogP contribution in [0.4, 0.5) is 0 Å². The molecule has 0 atom stereocenters. The maximum Gasteiger partial charge on any atom is 0.350 e. The van der Waals surface area contributed by atoms with Gasteiger partial charge in [-0.2, -0.15) is 5.10 Å². The molecule has 0 N–H and O–H groups in total. The van der Waals surface area contributed by atoms with Crippen molar-refractivity contribution in [3.05, 3.63) is 53.1 Å². The van der Waals surface area contributed by atoms with E-state index in [-0.39, 0.29) is 5.69 Å². The fourth-order valence-electron chi connectivity index (χ4n) is 1.83. The minimum absolute atomic E-state index is 0.166. The zero-order valence-corrected chi connectivity index (χ0v) is 9.24. The largest absolute Gasteiger partial charge is 0.350 e. The van der Waals surface area contributed by atoms with Crippen LogP contribution in [0.2, 0.25) is 0 Å². The number of aryl methyl sites for hydroxylation is 1. The lowest BCUT2D eigenvalue weighted by atomic mass is 10.2. The molecule has 3 aromatic rings. The van der Waals surface area contributed by atoms with Gasteiger partial charge in [0.2, 0.25) is 0 Å². The molecule has 0 amide bonds.